The monoisotopic (exact) mass is 269 g/mol. The van der Waals surface area contributed by atoms with E-state index in [1.165, 1.54) is 16.8 Å². The maximum Gasteiger partial charge on any atom is 0.214 e. The van der Waals surface area contributed by atoms with Crippen molar-refractivity contribution in [1.82, 2.24) is 4.31 Å². The van der Waals surface area contributed by atoms with E-state index in [4.69, 9.17) is 8.83 Å². The first kappa shape index (κ1) is 12.9. The third-order valence-corrected chi connectivity index (χ3v) is 4.36. The summed E-state index contributed by atoms with van der Waals surface area (Å²) >= 11 is 0. The van der Waals surface area contributed by atoms with Gasteiger partial charge >= 0.3 is 0 Å². The van der Waals surface area contributed by atoms with Gasteiger partial charge in [0.1, 0.15) is 11.5 Å². The highest BCUT2D eigenvalue weighted by Crippen LogP contribution is 2.15. The van der Waals surface area contributed by atoms with Crippen LogP contribution in [0.4, 0.5) is 0 Å². The number of rotatable bonds is 6. The molecule has 0 aliphatic carbocycles. The van der Waals surface area contributed by atoms with Gasteiger partial charge in [-0.1, -0.05) is 0 Å². The van der Waals surface area contributed by atoms with Crippen LogP contribution in [0.15, 0.2) is 45.6 Å². The lowest BCUT2D eigenvalue weighted by molar-refractivity contribution is 0.331. The normalized spacial score (nSPS) is 12.1. The van der Waals surface area contributed by atoms with Gasteiger partial charge in [0.25, 0.3) is 0 Å². The zero-order valence-corrected chi connectivity index (χ0v) is 10.9. The van der Waals surface area contributed by atoms with Crippen molar-refractivity contribution in [3.05, 3.63) is 48.3 Å². The van der Waals surface area contributed by atoms with Crippen LogP contribution in [0.25, 0.3) is 0 Å². The molecule has 2 rings (SSSR count). The standard InChI is InChI=1S/C12H15NO4S/c1-2-18(14,15)13(9-11-5-3-7-16-11)10-12-6-4-8-17-12/h3-8H,2,9-10H2,1H3. The Morgan fingerprint density at radius 2 is 1.56 bits per heavy atom. The first-order valence-electron chi connectivity index (χ1n) is 5.64. The van der Waals surface area contributed by atoms with Gasteiger partial charge in [-0.3, -0.25) is 0 Å². The molecule has 0 atom stereocenters. The van der Waals surface area contributed by atoms with Crippen LogP contribution >= 0.6 is 0 Å². The minimum Gasteiger partial charge on any atom is -0.468 e. The number of nitrogens with zero attached hydrogens (tertiary/aromatic N) is 1. The molecule has 5 nitrogen and oxygen atoms in total. The molecule has 0 radical (unpaired) electrons. The van der Waals surface area contributed by atoms with Crippen LogP contribution in [0, 0.1) is 0 Å². The van der Waals surface area contributed by atoms with Crippen LogP contribution in [0.5, 0.6) is 0 Å². The van der Waals surface area contributed by atoms with Crippen LogP contribution < -0.4 is 0 Å². The summed E-state index contributed by atoms with van der Waals surface area (Å²) in [5, 5.41) is 0. The molecule has 0 unspecified atom stereocenters. The molecule has 0 bridgehead atoms. The fraction of sp³-hybridized carbons (Fsp3) is 0.333. The SMILES string of the molecule is CCS(=O)(=O)N(Cc1ccco1)Cc1ccco1. The topological polar surface area (TPSA) is 63.7 Å². The second-order valence-electron chi connectivity index (χ2n) is 3.83. The molecule has 0 spiro atoms. The Hall–Kier alpha value is -1.53. The highest BCUT2D eigenvalue weighted by atomic mass is 32.2. The second-order valence-corrected chi connectivity index (χ2v) is 6.08. The molecule has 18 heavy (non-hydrogen) atoms. The molecule has 0 saturated carbocycles. The summed E-state index contributed by atoms with van der Waals surface area (Å²) < 4.78 is 35.7. The molecule has 0 saturated heterocycles. The molecule has 2 aromatic rings. The van der Waals surface area contributed by atoms with Gasteiger partial charge in [0, 0.05) is 0 Å². The van der Waals surface area contributed by atoms with E-state index < -0.39 is 10.0 Å². The Morgan fingerprint density at radius 1 is 1.06 bits per heavy atom. The van der Waals surface area contributed by atoms with Crippen molar-refractivity contribution in [2.75, 3.05) is 5.75 Å². The largest absolute Gasteiger partial charge is 0.468 e. The highest BCUT2D eigenvalue weighted by molar-refractivity contribution is 7.89. The molecule has 2 aromatic heterocycles. The Bertz CT molecular complexity index is 521. The van der Waals surface area contributed by atoms with Crippen molar-refractivity contribution in [2.45, 2.75) is 20.0 Å². The van der Waals surface area contributed by atoms with E-state index in [0.29, 0.717) is 11.5 Å². The van der Waals surface area contributed by atoms with Crippen LogP contribution in [0.1, 0.15) is 18.4 Å². The third-order valence-electron chi connectivity index (χ3n) is 2.58. The molecule has 0 fully saturated rings. The fourth-order valence-electron chi connectivity index (χ4n) is 1.59. The smallest absolute Gasteiger partial charge is 0.214 e. The predicted octanol–water partition coefficient (Wildman–Crippen LogP) is 2.22. The van der Waals surface area contributed by atoms with Crippen molar-refractivity contribution in [2.24, 2.45) is 0 Å². The van der Waals surface area contributed by atoms with Gasteiger partial charge in [-0.25, -0.2) is 8.42 Å². The van der Waals surface area contributed by atoms with Crippen LogP contribution in [0.2, 0.25) is 0 Å². The summed E-state index contributed by atoms with van der Waals surface area (Å²) in [5.41, 5.74) is 0. The Balaban J connectivity index is 2.18. The van der Waals surface area contributed by atoms with Crippen molar-refractivity contribution in [1.29, 1.82) is 0 Å². The van der Waals surface area contributed by atoms with Crippen LogP contribution in [0.3, 0.4) is 0 Å². The quantitative estimate of drug-likeness (QED) is 0.806. The Morgan fingerprint density at radius 3 is 1.89 bits per heavy atom. The van der Waals surface area contributed by atoms with Crippen LogP contribution in [-0.4, -0.2) is 18.5 Å². The second kappa shape index (κ2) is 5.41. The van der Waals surface area contributed by atoms with E-state index in [0.717, 1.165) is 0 Å². The number of furan rings is 2. The number of hydrogen-bond donors (Lipinski definition) is 0. The number of hydrogen-bond acceptors (Lipinski definition) is 4. The molecule has 0 amide bonds. The van der Waals surface area contributed by atoms with E-state index in [-0.39, 0.29) is 18.8 Å². The van der Waals surface area contributed by atoms with Crippen molar-refractivity contribution in [3.8, 4) is 0 Å². The van der Waals surface area contributed by atoms with E-state index in [1.807, 2.05) is 0 Å². The zero-order valence-electron chi connectivity index (χ0n) is 10.1. The molecular formula is C12H15NO4S. The maximum absolute atomic E-state index is 12.0. The first-order valence-corrected chi connectivity index (χ1v) is 7.25. The van der Waals surface area contributed by atoms with Crippen molar-refractivity contribution < 1.29 is 17.3 Å². The van der Waals surface area contributed by atoms with Gasteiger partial charge in [-0.2, -0.15) is 4.31 Å². The van der Waals surface area contributed by atoms with Gasteiger partial charge < -0.3 is 8.83 Å². The molecule has 6 heteroatoms. The van der Waals surface area contributed by atoms with E-state index in [1.54, 1.807) is 31.2 Å². The average molecular weight is 269 g/mol. The minimum atomic E-state index is -3.30. The lowest BCUT2D eigenvalue weighted by Crippen LogP contribution is -2.31. The first-order chi connectivity index (χ1) is 8.62. The maximum atomic E-state index is 12.0. The van der Waals surface area contributed by atoms with Crippen LogP contribution in [-0.2, 0) is 23.1 Å². The molecule has 98 valence electrons. The zero-order chi connectivity index (χ0) is 13.0. The Kier molecular flexibility index (Phi) is 3.88. The predicted molar refractivity (Wildman–Crippen MR) is 66.1 cm³/mol. The Labute approximate surface area is 106 Å². The highest BCUT2D eigenvalue weighted by Gasteiger charge is 2.22. The molecule has 0 aliphatic rings. The van der Waals surface area contributed by atoms with E-state index in [9.17, 15) is 8.42 Å². The van der Waals surface area contributed by atoms with Gasteiger partial charge in [0.05, 0.1) is 31.4 Å². The summed E-state index contributed by atoms with van der Waals surface area (Å²) in [5.74, 6) is 1.27. The molecular weight excluding hydrogens is 254 g/mol. The minimum absolute atomic E-state index is 0.0500. The van der Waals surface area contributed by atoms with Gasteiger partial charge in [0.2, 0.25) is 10.0 Å². The molecule has 0 N–H and O–H groups in total. The molecule has 2 heterocycles. The van der Waals surface area contributed by atoms with Gasteiger partial charge in [-0.05, 0) is 31.2 Å². The lowest BCUT2D eigenvalue weighted by atomic mass is 10.4. The summed E-state index contributed by atoms with van der Waals surface area (Å²) in [4.78, 5) is 0. The summed E-state index contributed by atoms with van der Waals surface area (Å²) in [6.07, 6.45) is 3.05. The van der Waals surface area contributed by atoms with Gasteiger partial charge in [-0.15, -0.1) is 0 Å². The van der Waals surface area contributed by atoms with E-state index in [2.05, 4.69) is 0 Å². The van der Waals surface area contributed by atoms with Crippen molar-refractivity contribution >= 4 is 10.0 Å². The number of sulfonamides is 1. The third kappa shape index (κ3) is 3.02. The van der Waals surface area contributed by atoms with E-state index >= 15 is 0 Å². The lowest BCUT2D eigenvalue weighted by Gasteiger charge is -2.19. The average Bonchev–Trinajstić information content (AvgIpc) is 3.01. The molecule has 0 aliphatic heterocycles. The summed E-state index contributed by atoms with van der Waals surface area (Å²) in [7, 11) is -3.30. The summed E-state index contributed by atoms with van der Waals surface area (Å²) in [6, 6.07) is 6.97. The fourth-order valence-corrected chi connectivity index (χ4v) is 2.60. The van der Waals surface area contributed by atoms with Crippen molar-refractivity contribution in [3.63, 3.8) is 0 Å². The molecule has 0 aromatic carbocycles. The van der Waals surface area contributed by atoms with Gasteiger partial charge in [0.15, 0.2) is 0 Å². The summed E-state index contributed by atoms with van der Waals surface area (Å²) in [6.45, 7) is 2.04.